The first kappa shape index (κ1) is 14.2. The summed E-state index contributed by atoms with van der Waals surface area (Å²) in [4.78, 5) is 11.0. The second kappa shape index (κ2) is 6.14. The van der Waals surface area contributed by atoms with E-state index in [1.165, 1.54) is 31.3 Å². The van der Waals surface area contributed by atoms with Gasteiger partial charge in [-0.3, -0.25) is 4.79 Å². The van der Waals surface area contributed by atoms with E-state index < -0.39 is 10.0 Å². The summed E-state index contributed by atoms with van der Waals surface area (Å²) in [7, 11) is -2.20. The van der Waals surface area contributed by atoms with Crippen LogP contribution in [0.4, 0.5) is 0 Å². The van der Waals surface area contributed by atoms with E-state index in [0.29, 0.717) is 0 Å². The summed E-state index contributed by atoms with van der Waals surface area (Å²) in [5, 5.41) is 11.1. The molecule has 7 heteroatoms. The zero-order chi connectivity index (χ0) is 13.6. The summed E-state index contributed by atoms with van der Waals surface area (Å²) in [6.45, 7) is 0.0127. The molecule has 0 saturated carbocycles. The highest BCUT2D eigenvalue weighted by atomic mass is 32.2. The van der Waals surface area contributed by atoms with Crippen LogP contribution in [0.2, 0.25) is 0 Å². The number of nitrogens with zero attached hydrogens (tertiary/aromatic N) is 1. The smallest absolute Gasteiger partial charge is 0.240 e. The van der Waals surface area contributed by atoms with Crippen molar-refractivity contribution in [3.05, 3.63) is 29.8 Å². The van der Waals surface area contributed by atoms with Crippen molar-refractivity contribution in [3.63, 3.8) is 0 Å². The lowest BCUT2D eigenvalue weighted by Crippen LogP contribution is -2.29. The highest BCUT2D eigenvalue weighted by molar-refractivity contribution is 7.89. The molecule has 1 amide bonds. The van der Waals surface area contributed by atoms with Crippen molar-refractivity contribution in [2.45, 2.75) is 11.3 Å². The van der Waals surface area contributed by atoms with Gasteiger partial charge in [0.25, 0.3) is 0 Å². The predicted molar refractivity (Wildman–Crippen MR) is 65.0 cm³/mol. The maximum Gasteiger partial charge on any atom is 0.240 e. The molecule has 0 aromatic heterocycles. The van der Waals surface area contributed by atoms with Crippen molar-refractivity contribution in [2.75, 3.05) is 13.6 Å². The number of hydrogen-bond acceptors (Lipinski definition) is 4. The average molecular weight is 267 g/mol. The lowest BCUT2D eigenvalue weighted by Gasteiger charge is -2.06. The van der Waals surface area contributed by atoms with E-state index in [2.05, 4.69) is 10.0 Å². The minimum absolute atomic E-state index is 0.0125. The van der Waals surface area contributed by atoms with E-state index in [1.807, 2.05) is 6.07 Å². The van der Waals surface area contributed by atoms with Gasteiger partial charge >= 0.3 is 0 Å². The molecule has 0 aliphatic heterocycles. The average Bonchev–Trinajstić information content (AvgIpc) is 2.38. The Labute approximate surface area is 106 Å². The summed E-state index contributed by atoms with van der Waals surface area (Å²) in [6.07, 6.45) is 0.0632. The molecule has 0 heterocycles. The molecule has 1 rings (SSSR count). The Morgan fingerprint density at radius 2 is 2.17 bits per heavy atom. The largest absolute Gasteiger partial charge is 0.359 e. The molecule has 1 aromatic carbocycles. The fourth-order valence-corrected chi connectivity index (χ4v) is 2.32. The number of sulfonamides is 1. The monoisotopic (exact) mass is 267 g/mol. The molecule has 96 valence electrons. The van der Waals surface area contributed by atoms with Gasteiger partial charge in [-0.15, -0.1) is 0 Å². The topological polar surface area (TPSA) is 99.1 Å². The van der Waals surface area contributed by atoms with E-state index in [0.717, 1.165) is 0 Å². The van der Waals surface area contributed by atoms with Crippen molar-refractivity contribution in [3.8, 4) is 6.07 Å². The van der Waals surface area contributed by atoms with E-state index >= 15 is 0 Å². The number of rotatable bonds is 5. The lowest BCUT2D eigenvalue weighted by molar-refractivity contribution is -0.120. The third-order valence-electron chi connectivity index (χ3n) is 2.20. The Morgan fingerprint density at radius 1 is 1.44 bits per heavy atom. The number of carbonyl (C=O) groups is 1. The maximum atomic E-state index is 11.8. The van der Waals surface area contributed by atoms with Gasteiger partial charge in [-0.2, -0.15) is 5.26 Å². The van der Waals surface area contributed by atoms with Gasteiger partial charge in [0.05, 0.1) is 16.5 Å². The molecular formula is C11H13N3O3S. The van der Waals surface area contributed by atoms with Gasteiger partial charge in [0, 0.05) is 20.0 Å². The SMILES string of the molecule is CNC(=O)CCNS(=O)(=O)c1cccc(C#N)c1. The first-order valence-electron chi connectivity index (χ1n) is 5.20. The highest BCUT2D eigenvalue weighted by Gasteiger charge is 2.14. The van der Waals surface area contributed by atoms with Crippen LogP contribution in [-0.2, 0) is 14.8 Å². The van der Waals surface area contributed by atoms with Crippen molar-refractivity contribution in [1.82, 2.24) is 10.0 Å². The standard InChI is InChI=1S/C11H13N3O3S/c1-13-11(15)5-6-14-18(16,17)10-4-2-3-9(7-10)8-12/h2-4,7,14H,5-6H2,1H3,(H,13,15). The van der Waals surface area contributed by atoms with Crippen molar-refractivity contribution < 1.29 is 13.2 Å². The maximum absolute atomic E-state index is 11.8. The Morgan fingerprint density at radius 3 is 2.78 bits per heavy atom. The van der Waals surface area contributed by atoms with Crippen LogP contribution in [0.25, 0.3) is 0 Å². The molecule has 0 radical (unpaired) electrons. The van der Waals surface area contributed by atoms with Gasteiger partial charge < -0.3 is 5.32 Å². The zero-order valence-corrected chi connectivity index (χ0v) is 10.6. The first-order valence-corrected chi connectivity index (χ1v) is 6.68. The molecule has 18 heavy (non-hydrogen) atoms. The van der Waals surface area contributed by atoms with Crippen LogP contribution >= 0.6 is 0 Å². The van der Waals surface area contributed by atoms with Crippen LogP contribution in [0.5, 0.6) is 0 Å². The van der Waals surface area contributed by atoms with E-state index in [4.69, 9.17) is 5.26 Å². The minimum Gasteiger partial charge on any atom is -0.359 e. The van der Waals surface area contributed by atoms with E-state index in [-0.39, 0.29) is 29.3 Å². The van der Waals surface area contributed by atoms with Gasteiger partial charge in [0.1, 0.15) is 0 Å². The fourth-order valence-electron chi connectivity index (χ4n) is 1.24. The molecule has 0 aliphatic carbocycles. The lowest BCUT2D eigenvalue weighted by atomic mass is 10.2. The molecule has 0 bridgehead atoms. The van der Waals surface area contributed by atoms with Crippen LogP contribution in [0, 0.1) is 11.3 Å². The molecule has 0 aliphatic rings. The van der Waals surface area contributed by atoms with Crippen LogP contribution in [0.15, 0.2) is 29.2 Å². The second-order valence-corrected chi connectivity index (χ2v) is 5.23. The van der Waals surface area contributed by atoms with Crippen molar-refractivity contribution in [1.29, 1.82) is 5.26 Å². The highest BCUT2D eigenvalue weighted by Crippen LogP contribution is 2.10. The Balaban J connectivity index is 2.74. The molecule has 1 aromatic rings. The molecule has 0 saturated heterocycles. The van der Waals surface area contributed by atoms with Gasteiger partial charge in [0.15, 0.2) is 0 Å². The normalized spacial score (nSPS) is 10.7. The Hall–Kier alpha value is -1.91. The molecule has 0 fully saturated rings. The van der Waals surface area contributed by atoms with Gasteiger partial charge in [-0.1, -0.05) is 6.07 Å². The van der Waals surface area contributed by atoms with Crippen molar-refractivity contribution in [2.24, 2.45) is 0 Å². The van der Waals surface area contributed by atoms with Crippen LogP contribution < -0.4 is 10.0 Å². The van der Waals surface area contributed by atoms with Gasteiger partial charge in [0.2, 0.25) is 15.9 Å². The summed E-state index contributed by atoms with van der Waals surface area (Å²) >= 11 is 0. The van der Waals surface area contributed by atoms with Crippen molar-refractivity contribution >= 4 is 15.9 Å². The predicted octanol–water partition coefficient (Wildman–Crippen LogP) is -0.0273. The Kier molecular flexibility index (Phi) is 4.83. The van der Waals surface area contributed by atoms with Gasteiger partial charge in [-0.25, -0.2) is 13.1 Å². The summed E-state index contributed by atoms with van der Waals surface area (Å²) in [6, 6.07) is 7.55. The summed E-state index contributed by atoms with van der Waals surface area (Å²) in [5.74, 6) is -0.247. The van der Waals surface area contributed by atoms with Gasteiger partial charge in [-0.05, 0) is 18.2 Å². The second-order valence-electron chi connectivity index (χ2n) is 3.46. The fraction of sp³-hybridized carbons (Fsp3) is 0.273. The van der Waals surface area contributed by atoms with E-state index in [9.17, 15) is 13.2 Å². The Bertz CT molecular complexity index is 575. The van der Waals surface area contributed by atoms with Crippen LogP contribution in [0.1, 0.15) is 12.0 Å². The quantitative estimate of drug-likeness (QED) is 0.782. The third kappa shape index (κ3) is 3.84. The van der Waals surface area contributed by atoms with Crippen LogP contribution in [-0.4, -0.2) is 27.9 Å². The molecule has 2 N–H and O–H groups in total. The first-order chi connectivity index (χ1) is 8.49. The molecule has 0 unspecified atom stereocenters. The minimum atomic E-state index is -3.68. The summed E-state index contributed by atoms with van der Waals surface area (Å²) in [5.41, 5.74) is 0.268. The molecular weight excluding hydrogens is 254 g/mol. The molecule has 6 nitrogen and oxygen atoms in total. The molecule has 0 atom stereocenters. The number of amides is 1. The van der Waals surface area contributed by atoms with Crippen LogP contribution in [0.3, 0.4) is 0 Å². The number of carbonyl (C=O) groups excluding carboxylic acids is 1. The number of benzene rings is 1. The number of nitriles is 1. The summed E-state index contributed by atoms with van der Waals surface area (Å²) < 4.78 is 25.9. The van der Waals surface area contributed by atoms with E-state index in [1.54, 1.807) is 0 Å². The number of hydrogen-bond donors (Lipinski definition) is 2. The number of nitrogens with one attached hydrogen (secondary N) is 2. The zero-order valence-electron chi connectivity index (χ0n) is 9.80. The molecule has 0 spiro atoms. The third-order valence-corrected chi connectivity index (χ3v) is 3.66.